The van der Waals surface area contributed by atoms with Gasteiger partial charge in [-0.2, -0.15) is 0 Å². The number of H-pyrrole nitrogens is 1. The molecule has 1 aromatic heterocycles. The molecule has 0 bridgehead atoms. The van der Waals surface area contributed by atoms with Crippen molar-refractivity contribution in [1.82, 2.24) is 4.98 Å². The van der Waals surface area contributed by atoms with Gasteiger partial charge in [0, 0.05) is 19.4 Å². The molecule has 1 aromatic rings. The minimum Gasteiger partial charge on any atom is -0.488 e. The molecule has 6 heteroatoms. The summed E-state index contributed by atoms with van der Waals surface area (Å²) in [4.78, 5) is 25.1. The number of aromatic amines is 1. The fraction of sp³-hybridized carbons (Fsp3) is 0.500. The van der Waals surface area contributed by atoms with Crippen LogP contribution in [0.2, 0.25) is 0 Å². The van der Waals surface area contributed by atoms with E-state index in [4.69, 9.17) is 9.47 Å². The molecule has 0 spiro atoms. The van der Waals surface area contributed by atoms with E-state index in [9.17, 15) is 9.59 Å². The van der Waals surface area contributed by atoms with E-state index in [1.165, 1.54) is 6.92 Å². The minimum atomic E-state index is -0.479. The first-order valence-corrected chi connectivity index (χ1v) is 5.75. The van der Waals surface area contributed by atoms with Crippen LogP contribution in [0.1, 0.15) is 30.0 Å². The third kappa shape index (κ3) is 2.82. The summed E-state index contributed by atoms with van der Waals surface area (Å²) in [6, 6.07) is 1.63. The van der Waals surface area contributed by atoms with Crippen molar-refractivity contribution in [2.45, 2.75) is 26.4 Å². The van der Waals surface area contributed by atoms with Crippen LogP contribution < -0.4 is 4.74 Å². The fourth-order valence-electron chi connectivity index (χ4n) is 1.79. The summed E-state index contributed by atoms with van der Waals surface area (Å²) in [6.07, 6.45) is 0.899. The van der Waals surface area contributed by atoms with Crippen LogP contribution in [0, 0.1) is 0 Å². The first-order chi connectivity index (χ1) is 8.56. The topological polar surface area (TPSA) is 77.6 Å². The van der Waals surface area contributed by atoms with Gasteiger partial charge in [-0.15, -0.1) is 0 Å². The summed E-state index contributed by atoms with van der Waals surface area (Å²) in [5, 5.41) is 0. The van der Waals surface area contributed by atoms with E-state index in [-0.39, 0.29) is 19.3 Å². The molecule has 0 saturated heterocycles. The molecule has 2 heterocycles. The highest BCUT2D eigenvalue weighted by molar-refractivity contribution is 5.88. The Morgan fingerprint density at radius 3 is 2.83 bits per heavy atom. The van der Waals surface area contributed by atoms with E-state index in [0.717, 1.165) is 12.1 Å². The second-order valence-electron chi connectivity index (χ2n) is 4.13. The Kier molecular flexibility index (Phi) is 3.55. The van der Waals surface area contributed by atoms with Gasteiger partial charge in [0.15, 0.2) is 0 Å². The first kappa shape index (κ1) is 12.5. The quantitative estimate of drug-likeness (QED) is 0.641. The van der Waals surface area contributed by atoms with Gasteiger partial charge in [-0.1, -0.05) is 0 Å². The zero-order valence-electron chi connectivity index (χ0n) is 10.3. The average molecular weight is 253 g/mol. The van der Waals surface area contributed by atoms with E-state index in [2.05, 4.69) is 9.72 Å². The summed E-state index contributed by atoms with van der Waals surface area (Å²) >= 11 is 0. The highest BCUT2D eigenvalue weighted by Gasteiger charge is 2.24. The highest BCUT2D eigenvalue weighted by atomic mass is 16.6. The summed E-state index contributed by atoms with van der Waals surface area (Å²) in [5.74, 6) is -0.172. The van der Waals surface area contributed by atoms with Crippen molar-refractivity contribution in [1.29, 1.82) is 0 Å². The Balaban J connectivity index is 1.83. The van der Waals surface area contributed by atoms with Crippen molar-refractivity contribution in [3.05, 3.63) is 17.5 Å². The lowest BCUT2D eigenvalue weighted by atomic mass is 10.2. The van der Waals surface area contributed by atoms with Gasteiger partial charge in [0.2, 0.25) is 0 Å². The zero-order chi connectivity index (χ0) is 13.1. The molecule has 0 fully saturated rings. The monoisotopic (exact) mass is 253 g/mol. The standard InChI is InChI=1S/C12H15NO5/c1-7-5-9-11(18-7)6-10(13-9)12(15)17-4-3-16-8(2)14/h6-7,13H,3-5H2,1-2H3. The SMILES string of the molecule is CC(=O)OCCOC(=O)c1cc2c([nH]1)CC(C)O2. The number of carbonyl (C=O) groups excluding carboxylic acids is 2. The molecule has 1 aliphatic rings. The summed E-state index contributed by atoms with van der Waals surface area (Å²) in [6.45, 7) is 3.37. The molecule has 98 valence electrons. The molecule has 18 heavy (non-hydrogen) atoms. The van der Waals surface area contributed by atoms with Crippen molar-refractivity contribution >= 4 is 11.9 Å². The number of ether oxygens (including phenoxy) is 3. The van der Waals surface area contributed by atoms with Crippen LogP contribution >= 0.6 is 0 Å². The molecule has 0 aliphatic carbocycles. The third-order valence-electron chi connectivity index (χ3n) is 2.52. The van der Waals surface area contributed by atoms with Crippen LogP contribution in [-0.4, -0.2) is 36.2 Å². The third-order valence-corrected chi connectivity index (χ3v) is 2.52. The van der Waals surface area contributed by atoms with Gasteiger partial charge in [-0.05, 0) is 6.92 Å². The Bertz CT molecular complexity index is 442. The normalized spacial score (nSPS) is 16.9. The van der Waals surface area contributed by atoms with Gasteiger partial charge in [0.1, 0.15) is 30.8 Å². The Morgan fingerprint density at radius 2 is 2.17 bits per heavy atom. The maximum Gasteiger partial charge on any atom is 0.355 e. The van der Waals surface area contributed by atoms with Gasteiger partial charge >= 0.3 is 11.9 Å². The molecule has 1 atom stereocenters. The van der Waals surface area contributed by atoms with Gasteiger partial charge in [0.05, 0.1) is 5.69 Å². The summed E-state index contributed by atoms with van der Waals surface area (Å²) < 4.78 is 15.1. The van der Waals surface area contributed by atoms with Crippen molar-refractivity contribution in [3.8, 4) is 5.75 Å². The van der Waals surface area contributed by atoms with Crippen molar-refractivity contribution in [2.24, 2.45) is 0 Å². The largest absolute Gasteiger partial charge is 0.488 e. The number of rotatable bonds is 4. The lowest BCUT2D eigenvalue weighted by molar-refractivity contribution is -0.142. The summed E-state index contributed by atoms with van der Waals surface area (Å²) in [7, 11) is 0. The van der Waals surface area contributed by atoms with Gasteiger partial charge in [0.25, 0.3) is 0 Å². The molecule has 0 radical (unpaired) electrons. The van der Waals surface area contributed by atoms with Crippen molar-refractivity contribution < 1.29 is 23.8 Å². The predicted molar refractivity (Wildman–Crippen MR) is 61.5 cm³/mol. The fourth-order valence-corrected chi connectivity index (χ4v) is 1.79. The number of esters is 2. The molecule has 6 nitrogen and oxygen atoms in total. The Morgan fingerprint density at radius 1 is 1.44 bits per heavy atom. The first-order valence-electron chi connectivity index (χ1n) is 5.75. The summed E-state index contributed by atoms with van der Waals surface area (Å²) in [5.41, 5.74) is 1.27. The molecule has 0 aromatic carbocycles. The van der Waals surface area contributed by atoms with E-state index in [1.54, 1.807) is 6.07 Å². The highest BCUT2D eigenvalue weighted by Crippen LogP contribution is 2.29. The second kappa shape index (κ2) is 5.12. The second-order valence-corrected chi connectivity index (χ2v) is 4.13. The van der Waals surface area contributed by atoms with Crippen molar-refractivity contribution in [2.75, 3.05) is 13.2 Å². The lowest BCUT2D eigenvalue weighted by Gasteiger charge is -2.04. The van der Waals surface area contributed by atoms with Crippen LogP contribution in [0.3, 0.4) is 0 Å². The van der Waals surface area contributed by atoms with Crippen LogP contribution in [0.4, 0.5) is 0 Å². The molecule has 1 unspecified atom stereocenters. The van der Waals surface area contributed by atoms with Gasteiger partial charge in [-0.25, -0.2) is 4.79 Å². The Labute approximate surface area is 104 Å². The number of nitrogens with one attached hydrogen (secondary N) is 1. The molecule has 0 amide bonds. The van der Waals surface area contributed by atoms with E-state index in [0.29, 0.717) is 11.4 Å². The van der Waals surface area contributed by atoms with E-state index < -0.39 is 11.9 Å². The number of hydrogen-bond donors (Lipinski definition) is 1. The van der Waals surface area contributed by atoms with E-state index >= 15 is 0 Å². The smallest absolute Gasteiger partial charge is 0.355 e. The van der Waals surface area contributed by atoms with Crippen LogP contribution in [0.15, 0.2) is 6.07 Å². The number of hydrogen-bond acceptors (Lipinski definition) is 5. The molecule has 1 N–H and O–H groups in total. The van der Waals surface area contributed by atoms with Gasteiger partial charge in [-0.3, -0.25) is 4.79 Å². The van der Waals surface area contributed by atoms with E-state index in [1.807, 2.05) is 6.92 Å². The predicted octanol–water partition coefficient (Wildman–Crippen LogP) is 1.06. The lowest BCUT2D eigenvalue weighted by Crippen LogP contribution is -2.13. The zero-order valence-corrected chi connectivity index (χ0v) is 10.3. The van der Waals surface area contributed by atoms with Crippen LogP contribution in [-0.2, 0) is 20.7 Å². The van der Waals surface area contributed by atoms with Gasteiger partial charge < -0.3 is 19.2 Å². The van der Waals surface area contributed by atoms with Crippen LogP contribution in [0.25, 0.3) is 0 Å². The Hall–Kier alpha value is -1.98. The molecular weight excluding hydrogens is 238 g/mol. The molecule has 0 saturated carbocycles. The number of fused-ring (bicyclic) bond motifs is 1. The average Bonchev–Trinajstić information content (AvgIpc) is 2.80. The molecule has 1 aliphatic heterocycles. The molecular formula is C12H15NO5. The van der Waals surface area contributed by atoms with Crippen LogP contribution in [0.5, 0.6) is 5.75 Å². The minimum absolute atomic E-state index is 0.0410. The maximum atomic E-state index is 11.6. The number of carbonyl (C=O) groups is 2. The number of aromatic nitrogens is 1. The maximum absolute atomic E-state index is 11.6. The van der Waals surface area contributed by atoms with Crippen molar-refractivity contribution in [3.63, 3.8) is 0 Å². The molecule has 2 rings (SSSR count).